The Balaban J connectivity index is 4.57. The largest absolute Gasteiger partial charge is 0.359 e. The Labute approximate surface area is 128 Å². The maximum absolute atomic E-state index is 6.03. The maximum atomic E-state index is 6.03. The molecule has 0 rings (SSSR count). The van der Waals surface area contributed by atoms with E-state index in [1.807, 2.05) is 0 Å². The van der Waals surface area contributed by atoms with Crippen molar-refractivity contribution in [1.82, 2.24) is 3.71 Å². The van der Waals surface area contributed by atoms with Gasteiger partial charge in [0.05, 0.1) is 5.60 Å². The lowest BCUT2D eigenvalue weighted by molar-refractivity contribution is -0.0819. The van der Waals surface area contributed by atoms with Crippen LogP contribution in [0.4, 0.5) is 0 Å². The Morgan fingerprint density at radius 3 is 2.00 bits per heavy atom. The molecule has 16 heavy (non-hydrogen) atoms. The summed E-state index contributed by atoms with van der Waals surface area (Å²) in [6.07, 6.45) is 0.843. The van der Waals surface area contributed by atoms with Crippen LogP contribution in [0.25, 0.3) is 0 Å². The molecule has 0 saturated carbocycles. The number of halogens is 2. The molecule has 0 aromatic carbocycles. The Kier molecular flexibility index (Phi) is 6.83. The minimum atomic E-state index is -0.220. The summed E-state index contributed by atoms with van der Waals surface area (Å²) >= 11 is 7.74. The van der Waals surface area contributed by atoms with Crippen LogP contribution in [0.15, 0.2) is 0 Å². The first-order valence-electron chi connectivity index (χ1n) is 5.06. The molecule has 0 aliphatic carbocycles. The third-order valence-corrected chi connectivity index (χ3v) is 4.29. The van der Waals surface area contributed by atoms with Crippen molar-refractivity contribution in [3.05, 3.63) is 0 Å². The van der Waals surface area contributed by atoms with Crippen LogP contribution in [-0.4, -0.2) is 18.5 Å². The molecular formula is C10H21ClINOS2. The quantitative estimate of drug-likeness (QED) is 0.291. The number of hydrogen-bond donors (Lipinski definition) is 1. The van der Waals surface area contributed by atoms with Crippen LogP contribution in [-0.2, 0) is 4.74 Å². The van der Waals surface area contributed by atoms with E-state index in [-0.39, 0.29) is 14.7 Å². The molecule has 0 aliphatic rings. The van der Waals surface area contributed by atoms with E-state index < -0.39 is 0 Å². The van der Waals surface area contributed by atoms with Gasteiger partial charge in [-0.3, -0.25) is 0 Å². The third-order valence-electron chi connectivity index (χ3n) is 1.96. The van der Waals surface area contributed by atoms with Gasteiger partial charge in [-0.15, -0.1) is 0 Å². The molecule has 6 heteroatoms. The predicted molar refractivity (Wildman–Crippen MR) is 86.2 cm³/mol. The summed E-state index contributed by atoms with van der Waals surface area (Å²) in [6.45, 7) is 12.5. The summed E-state index contributed by atoms with van der Waals surface area (Å²) in [5, 5.41) is 0. The first kappa shape index (κ1) is 17.6. The number of alkyl halides is 1. The first-order chi connectivity index (χ1) is 6.90. The molecular weight excluding hydrogens is 377 g/mol. The molecule has 0 aromatic rings. The highest BCUT2D eigenvalue weighted by atomic mass is 127. The molecule has 2 nitrogen and oxygen atoms in total. The van der Waals surface area contributed by atoms with Crippen LogP contribution in [0, 0.1) is 0 Å². The zero-order valence-corrected chi connectivity index (χ0v) is 15.3. The fourth-order valence-electron chi connectivity index (χ4n) is 1.90. The van der Waals surface area contributed by atoms with Crippen molar-refractivity contribution in [3.8, 4) is 0 Å². The van der Waals surface area contributed by atoms with Crippen LogP contribution in [0.1, 0.15) is 48.0 Å². The summed E-state index contributed by atoms with van der Waals surface area (Å²) in [4.78, 5) is 0. The smallest absolute Gasteiger partial charge is 0.114 e. The Bertz CT molecular complexity index is 231. The second-order valence-corrected chi connectivity index (χ2v) is 9.74. The van der Waals surface area contributed by atoms with Gasteiger partial charge in [0.25, 0.3) is 0 Å². The van der Waals surface area contributed by atoms with E-state index >= 15 is 0 Å². The SMILES string of the molecule is CC(C)(I)OC(C)(C)CC(C)(C)N(S)SCl. The molecule has 0 bridgehead atoms. The lowest BCUT2D eigenvalue weighted by Crippen LogP contribution is -2.44. The minimum Gasteiger partial charge on any atom is -0.359 e. The first-order valence-corrected chi connectivity index (χ1v) is 8.14. The van der Waals surface area contributed by atoms with Gasteiger partial charge in [0.15, 0.2) is 0 Å². The van der Waals surface area contributed by atoms with E-state index in [4.69, 9.17) is 15.4 Å². The molecule has 0 atom stereocenters. The second-order valence-electron chi connectivity index (χ2n) is 5.56. The zero-order valence-electron chi connectivity index (χ0n) is 10.7. The van der Waals surface area contributed by atoms with Crippen LogP contribution in [0.5, 0.6) is 0 Å². The standard InChI is InChI=1S/C10H21ClINOS2/c1-8(2,13(15)16-11)7-9(3,4)14-10(5,6)12/h15H,7H2,1-6H3. The molecule has 98 valence electrons. The van der Waals surface area contributed by atoms with Gasteiger partial charge in [0.1, 0.15) is 3.61 Å². The molecule has 0 spiro atoms. The Morgan fingerprint density at radius 1 is 1.25 bits per heavy atom. The lowest BCUT2D eigenvalue weighted by atomic mass is 9.90. The van der Waals surface area contributed by atoms with Crippen LogP contribution in [0.2, 0.25) is 0 Å². The number of rotatable bonds is 6. The summed E-state index contributed by atoms with van der Waals surface area (Å²) in [6, 6.07) is 0. The van der Waals surface area contributed by atoms with Gasteiger partial charge in [-0.25, -0.2) is 0 Å². The highest BCUT2D eigenvalue weighted by Crippen LogP contribution is 2.38. The number of nitrogens with zero attached hydrogens (tertiary/aromatic N) is 1. The van der Waals surface area contributed by atoms with Gasteiger partial charge in [0, 0.05) is 16.7 Å². The van der Waals surface area contributed by atoms with Crippen molar-refractivity contribution in [3.63, 3.8) is 0 Å². The van der Waals surface area contributed by atoms with Crippen LogP contribution < -0.4 is 0 Å². The molecule has 0 aromatic heterocycles. The zero-order chi connectivity index (χ0) is 13.2. The van der Waals surface area contributed by atoms with Gasteiger partial charge in [-0.2, -0.15) is 3.71 Å². The van der Waals surface area contributed by atoms with E-state index in [9.17, 15) is 0 Å². The van der Waals surface area contributed by atoms with E-state index in [2.05, 4.69) is 76.9 Å². The number of thiol groups is 1. The summed E-state index contributed by atoms with van der Waals surface area (Å²) in [5.74, 6) is 0. The van der Waals surface area contributed by atoms with Crippen molar-refractivity contribution < 1.29 is 4.74 Å². The van der Waals surface area contributed by atoms with Crippen molar-refractivity contribution in [2.45, 2.75) is 62.7 Å². The number of hydrogen-bond acceptors (Lipinski definition) is 4. The molecule has 0 aliphatic heterocycles. The van der Waals surface area contributed by atoms with Crippen molar-refractivity contribution in [1.29, 1.82) is 0 Å². The molecule has 0 amide bonds. The monoisotopic (exact) mass is 397 g/mol. The van der Waals surface area contributed by atoms with Crippen LogP contribution in [0.3, 0.4) is 0 Å². The van der Waals surface area contributed by atoms with E-state index in [1.54, 1.807) is 3.71 Å². The van der Waals surface area contributed by atoms with Crippen LogP contribution >= 0.6 is 57.2 Å². The van der Waals surface area contributed by atoms with E-state index in [0.717, 1.165) is 17.6 Å². The van der Waals surface area contributed by atoms with E-state index in [1.165, 1.54) is 0 Å². The van der Waals surface area contributed by atoms with Gasteiger partial charge < -0.3 is 4.74 Å². The predicted octanol–water partition coefficient (Wildman–Crippen LogP) is 5.07. The van der Waals surface area contributed by atoms with E-state index in [0.29, 0.717) is 0 Å². The van der Waals surface area contributed by atoms with Crippen molar-refractivity contribution >= 4 is 57.2 Å². The molecule has 0 radical (unpaired) electrons. The van der Waals surface area contributed by atoms with Crippen molar-refractivity contribution in [2.75, 3.05) is 0 Å². The average molecular weight is 398 g/mol. The van der Waals surface area contributed by atoms with Crippen molar-refractivity contribution in [2.24, 2.45) is 0 Å². The summed E-state index contributed by atoms with van der Waals surface area (Å²) in [5.41, 5.74) is -0.358. The fraction of sp³-hybridized carbons (Fsp3) is 1.00. The Hall–Kier alpha value is 1.64. The molecule has 0 N–H and O–H groups in total. The third kappa shape index (κ3) is 7.16. The molecule has 0 fully saturated rings. The fourth-order valence-corrected chi connectivity index (χ4v) is 3.37. The Morgan fingerprint density at radius 2 is 1.69 bits per heavy atom. The topological polar surface area (TPSA) is 12.5 Å². The van der Waals surface area contributed by atoms with Gasteiger partial charge in [0.2, 0.25) is 0 Å². The molecule has 0 heterocycles. The maximum Gasteiger partial charge on any atom is 0.114 e. The van der Waals surface area contributed by atoms with Gasteiger partial charge in [-0.1, -0.05) is 12.8 Å². The summed E-state index contributed by atoms with van der Waals surface area (Å²) in [7, 11) is 5.72. The molecule has 0 unspecified atom stereocenters. The minimum absolute atomic E-state index is 0.138. The second kappa shape index (κ2) is 6.19. The molecule has 0 saturated heterocycles. The highest BCUT2D eigenvalue weighted by Gasteiger charge is 2.36. The number of ether oxygens (including phenoxy) is 1. The van der Waals surface area contributed by atoms with Gasteiger partial charge in [-0.05, 0) is 81.2 Å². The average Bonchev–Trinajstić information content (AvgIpc) is 1.95. The van der Waals surface area contributed by atoms with Gasteiger partial charge >= 0.3 is 0 Å². The normalized spacial score (nSPS) is 14.6. The lowest BCUT2D eigenvalue weighted by Gasteiger charge is -2.40. The summed E-state index contributed by atoms with van der Waals surface area (Å²) < 4.78 is 7.61. The highest BCUT2D eigenvalue weighted by molar-refractivity contribution is 14.1.